The smallest absolute Gasteiger partial charge is 0.246 e. The van der Waals surface area contributed by atoms with Gasteiger partial charge in [-0.1, -0.05) is 18.2 Å². The summed E-state index contributed by atoms with van der Waals surface area (Å²) < 4.78 is 0. The zero-order valence-electron chi connectivity index (χ0n) is 10.3. The van der Waals surface area contributed by atoms with Crippen molar-refractivity contribution in [2.75, 3.05) is 20.1 Å². The molecule has 16 heavy (non-hydrogen) atoms. The summed E-state index contributed by atoms with van der Waals surface area (Å²) in [5, 5.41) is 3.16. The van der Waals surface area contributed by atoms with Crippen molar-refractivity contribution in [2.24, 2.45) is 0 Å². The molecular weight excluding hydrogens is 200 g/mol. The lowest BCUT2D eigenvalue weighted by Crippen LogP contribution is -2.47. The van der Waals surface area contributed by atoms with Crippen molar-refractivity contribution in [1.82, 2.24) is 10.2 Å². The molecule has 0 aromatic carbocycles. The molecule has 1 amide bonds. The third-order valence-electron chi connectivity index (χ3n) is 2.89. The normalized spacial score (nSPS) is 22.1. The summed E-state index contributed by atoms with van der Waals surface area (Å²) in [4.78, 5) is 13.9. The molecule has 1 unspecified atom stereocenters. The second-order valence-electron chi connectivity index (χ2n) is 4.12. The predicted molar refractivity (Wildman–Crippen MR) is 67.2 cm³/mol. The van der Waals surface area contributed by atoms with Crippen LogP contribution < -0.4 is 5.32 Å². The molecule has 1 N–H and O–H groups in total. The summed E-state index contributed by atoms with van der Waals surface area (Å²) in [5.41, 5.74) is 0. The number of amides is 1. The van der Waals surface area contributed by atoms with Crippen LogP contribution in [0.15, 0.2) is 24.3 Å². The molecule has 1 rings (SSSR count). The van der Waals surface area contributed by atoms with E-state index in [1.54, 1.807) is 6.08 Å². The van der Waals surface area contributed by atoms with E-state index in [1.807, 2.05) is 37.1 Å². The minimum atomic E-state index is 0.137. The van der Waals surface area contributed by atoms with Gasteiger partial charge < -0.3 is 10.2 Å². The maximum absolute atomic E-state index is 11.9. The topological polar surface area (TPSA) is 32.3 Å². The highest BCUT2D eigenvalue weighted by molar-refractivity contribution is 5.88. The fourth-order valence-electron chi connectivity index (χ4n) is 2.08. The van der Waals surface area contributed by atoms with Crippen LogP contribution in [-0.2, 0) is 4.79 Å². The third kappa shape index (κ3) is 3.81. The van der Waals surface area contributed by atoms with Crippen molar-refractivity contribution in [3.05, 3.63) is 24.3 Å². The van der Waals surface area contributed by atoms with Crippen LogP contribution in [-0.4, -0.2) is 37.0 Å². The second kappa shape index (κ2) is 7.23. The molecule has 1 aliphatic rings. The minimum absolute atomic E-state index is 0.137. The van der Waals surface area contributed by atoms with Crippen LogP contribution in [0.1, 0.15) is 26.2 Å². The molecule has 0 bridgehead atoms. The standard InChI is InChI=1S/C13H22N2O/c1-3-4-5-9-13(16)15-10-7-6-8-12(15)11-14-2/h3-5,9,12,14H,6-8,10-11H2,1-2H3. The van der Waals surface area contributed by atoms with Crippen molar-refractivity contribution in [3.63, 3.8) is 0 Å². The maximum Gasteiger partial charge on any atom is 0.246 e. The first-order valence-corrected chi connectivity index (χ1v) is 6.04. The van der Waals surface area contributed by atoms with Crippen molar-refractivity contribution in [3.8, 4) is 0 Å². The summed E-state index contributed by atoms with van der Waals surface area (Å²) in [5.74, 6) is 0.137. The zero-order chi connectivity index (χ0) is 11.8. The fourth-order valence-corrected chi connectivity index (χ4v) is 2.08. The predicted octanol–water partition coefficient (Wildman–Crippen LogP) is 1.72. The van der Waals surface area contributed by atoms with Gasteiger partial charge in [0.2, 0.25) is 5.91 Å². The molecule has 0 aromatic rings. The van der Waals surface area contributed by atoms with E-state index in [4.69, 9.17) is 0 Å². The van der Waals surface area contributed by atoms with Crippen LogP contribution in [0, 0.1) is 0 Å². The van der Waals surface area contributed by atoms with Crippen molar-refractivity contribution < 1.29 is 4.79 Å². The molecule has 0 aromatic heterocycles. The summed E-state index contributed by atoms with van der Waals surface area (Å²) >= 11 is 0. The Kier molecular flexibility index (Phi) is 5.86. The number of nitrogens with one attached hydrogen (secondary N) is 1. The largest absolute Gasteiger partial charge is 0.335 e. The van der Waals surface area contributed by atoms with Gasteiger partial charge in [-0.05, 0) is 33.2 Å². The Bertz CT molecular complexity index is 269. The van der Waals surface area contributed by atoms with Gasteiger partial charge in [0.15, 0.2) is 0 Å². The van der Waals surface area contributed by atoms with Crippen molar-refractivity contribution in [2.45, 2.75) is 32.2 Å². The van der Waals surface area contributed by atoms with Crippen molar-refractivity contribution >= 4 is 5.91 Å². The van der Waals surface area contributed by atoms with Crippen LogP contribution in [0.4, 0.5) is 0 Å². The quantitative estimate of drug-likeness (QED) is 0.580. The Morgan fingerprint density at radius 1 is 1.44 bits per heavy atom. The lowest BCUT2D eigenvalue weighted by molar-refractivity contribution is -0.129. The molecule has 90 valence electrons. The number of likely N-dealkylation sites (N-methyl/N-ethyl adjacent to an activating group) is 1. The highest BCUT2D eigenvalue weighted by atomic mass is 16.2. The number of hydrogen-bond donors (Lipinski definition) is 1. The van der Waals surface area contributed by atoms with Crippen LogP contribution in [0.25, 0.3) is 0 Å². The van der Waals surface area contributed by atoms with Gasteiger partial charge in [0.05, 0.1) is 0 Å². The van der Waals surface area contributed by atoms with Gasteiger partial charge in [0.25, 0.3) is 0 Å². The van der Waals surface area contributed by atoms with Gasteiger partial charge in [-0.2, -0.15) is 0 Å². The first-order valence-electron chi connectivity index (χ1n) is 6.04. The van der Waals surface area contributed by atoms with Gasteiger partial charge in [-0.3, -0.25) is 4.79 Å². The molecule has 1 fully saturated rings. The number of allylic oxidation sites excluding steroid dienone is 3. The van der Waals surface area contributed by atoms with Gasteiger partial charge in [-0.25, -0.2) is 0 Å². The summed E-state index contributed by atoms with van der Waals surface area (Å²) in [6.07, 6.45) is 10.8. The van der Waals surface area contributed by atoms with E-state index in [-0.39, 0.29) is 5.91 Å². The number of piperidine rings is 1. The Morgan fingerprint density at radius 2 is 2.25 bits per heavy atom. The van der Waals surface area contributed by atoms with E-state index in [1.165, 1.54) is 6.42 Å². The highest BCUT2D eigenvalue weighted by Gasteiger charge is 2.24. The van der Waals surface area contributed by atoms with Gasteiger partial charge in [0, 0.05) is 25.2 Å². The zero-order valence-corrected chi connectivity index (χ0v) is 10.3. The van der Waals surface area contributed by atoms with Gasteiger partial charge in [0.1, 0.15) is 0 Å². The average Bonchev–Trinajstić information content (AvgIpc) is 2.30. The Hall–Kier alpha value is -1.09. The number of carbonyl (C=O) groups is 1. The summed E-state index contributed by atoms with van der Waals surface area (Å²) in [6.45, 7) is 3.73. The van der Waals surface area contributed by atoms with Crippen LogP contribution in [0.2, 0.25) is 0 Å². The van der Waals surface area contributed by atoms with Crippen LogP contribution in [0.3, 0.4) is 0 Å². The number of hydrogen-bond acceptors (Lipinski definition) is 2. The maximum atomic E-state index is 11.9. The Morgan fingerprint density at radius 3 is 2.94 bits per heavy atom. The molecule has 0 aliphatic carbocycles. The molecule has 1 atom stereocenters. The van der Waals surface area contributed by atoms with Crippen molar-refractivity contribution in [1.29, 1.82) is 0 Å². The number of rotatable bonds is 4. The highest BCUT2D eigenvalue weighted by Crippen LogP contribution is 2.16. The molecule has 3 heteroatoms. The first-order chi connectivity index (χ1) is 7.79. The van der Waals surface area contributed by atoms with E-state index < -0.39 is 0 Å². The number of nitrogens with zero attached hydrogens (tertiary/aromatic N) is 1. The molecule has 0 saturated carbocycles. The molecular formula is C13H22N2O. The lowest BCUT2D eigenvalue weighted by Gasteiger charge is -2.35. The van der Waals surface area contributed by atoms with Crippen LogP contribution >= 0.6 is 0 Å². The van der Waals surface area contributed by atoms with Gasteiger partial charge in [-0.15, -0.1) is 0 Å². The Balaban J connectivity index is 2.56. The van der Waals surface area contributed by atoms with Gasteiger partial charge >= 0.3 is 0 Å². The molecule has 1 saturated heterocycles. The number of carbonyl (C=O) groups excluding carboxylic acids is 1. The van der Waals surface area contributed by atoms with E-state index in [9.17, 15) is 4.79 Å². The molecule has 1 heterocycles. The molecule has 3 nitrogen and oxygen atoms in total. The number of likely N-dealkylation sites (tertiary alicyclic amines) is 1. The molecule has 0 radical (unpaired) electrons. The lowest BCUT2D eigenvalue weighted by atomic mass is 10.0. The third-order valence-corrected chi connectivity index (χ3v) is 2.89. The average molecular weight is 222 g/mol. The van der Waals surface area contributed by atoms with E-state index in [0.717, 1.165) is 25.9 Å². The van der Waals surface area contributed by atoms with Crippen LogP contribution in [0.5, 0.6) is 0 Å². The Labute approximate surface area is 98.2 Å². The summed E-state index contributed by atoms with van der Waals surface area (Å²) in [7, 11) is 1.94. The SMILES string of the molecule is CC=CC=CC(=O)N1CCCCC1CNC. The fraction of sp³-hybridized carbons (Fsp3) is 0.615. The summed E-state index contributed by atoms with van der Waals surface area (Å²) in [6, 6.07) is 0.363. The first kappa shape index (κ1) is 13.0. The van der Waals surface area contributed by atoms with E-state index >= 15 is 0 Å². The second-order valence-corrected chi connectivity index (χ2v) is 4.12. The molecule has 1 aliphatic heterocycles. The van der Waals surface area contributed by atoms with E-state index in [2.05, 4.69) is 5.32 Å². The molecule has 0 spiro atoms. The monoisotopic (exact) mass is 222 g/mol. The minimum Gasteiger partial charge on any atom is -0.335 e. The van der Waals surface area contributed by atoms with E-state index in [0.29, 0.717) is 6.04 Å².